The summed E-state index contributed by atoms with van der Waals surface area (Å²) in [6.45, 7) is 1.68. The zero-order valence-electron chi connectivity index (χ0n) is 10.4. The van der Waals surface area contributed by atoms with Crippen LogP contribution in [0.25, 0.3) is 0 Å². The minimum atomic E-state index is 0.137. The molecule has 2 aliphatic carbocycles. The molecule has 4 unspecified atom stereocenters. The summed E-state index contributed by atoms with van der Waals surface area (Å²) in [4.78, 5) is 12.3. The predicted octanol–water partition coefficient (Wildman–Crippen LogP) is 0.526. The van der Waals surface area contributed by atoms with E-state index >= 15 is 0 Å². The average Bonchev–Trinajstić information content (AvgIpc) is 3.03. The average molecular weight is 238 g/mol. The number of hydrogen-bond donors (Lipinski definition) is 2. The van der Waals surface area contributed by atoms with Crippen molar-refractivity contribution in [3.8, 4) is 0 Å². The smallest absolute Gasteiger partial charge is 0.223 e. The van der Waals surface area contributed by atoms with E-state index in [4.69, 9.17) is 4.74 Å². The van der Waals surface area contributed by atoms with Gasteiger partial charge in [-0.25, -0.2) is 0 Å². The Balaban J connectivity index is 1.56. The number of nitrogens with one attached hydrogen (secondary N) is 2. The molecule has 17 heavy (non-hydrogen) atoms. The molecule has 1 heterocycles. The van der Waals surface area contributed by atoms with Crippen LogP contribution >= 0.6 is 0 Å². The first kappa shape index (κ1) is 11.5. The summed E-state index contributed by atoms with van der Waals surface area (Å²) in [5.74, 6) is 2.05. The lowest BCUT2D eigenvalue weighted by molar-refractivity contribution is -0.127. The van der Waals surface area contributed by atoms with Gasteiger partial charge in [0.05, 0.1) is 12.1 Å². The highest BCUT2D eigenvalue weighted by Gasteiger charge is 2.44. The number of rotatable bonds is 3. The molecule has 4 heteroatoms. The molecule has 0 spiro atoms. The van der Waals surface area contributed by atoms with Crippen molar-refractivity contribution in [2.45, 2.75) is 37.8 Å². The Hall–Kier alpha value is -0.610. The maximum atomic E-state index is 12.3. The van der Waals surface area contributed by atoms with Gasteiger partial charge in [-0.15, -0.1) is 0 Å². The van der Waals surface area contributed by atoms with Crippen molar-refractivity contribution in [1.82, 2.24) is 10.6 Å². The molecule has 0 aromatic carbocycles. The molecule has 1 amide bonds. The van der Waals surface area contributed by atoms with Gasteiger partial charge in [0.25, 0.3) is 0 Å². The monoisotopic (exact) mass is 238 g/mol. The highest BCUT2D eigenvalue weighted by molar-refractivity contribution is 5.80. The van der Waals surface area contributed by atoms with Gasteiger partial charge in [0.1, 0.15) is 0 Å². The van der Waals surface area contributed by atoms with E-state index in [-0.39, 0.29) is 24.0 Å². The van der Waals surface area contributed by atoms with Crippen molar-refractivity contribution in [3.63, 3.8) is 0 Å². The first-order valence-electron chi connectivity index (χ1n) is 6.82. The molecule has 0 radical (unpaired) electrons. The van der Waals surface area contributed by atoms with Gasteiger partial charge in [-0.05, 0) is 31.1 Å². The standard InChI is InChI=1S/C13H22N2O2/c1-17-12-7-14-6-11(12)15-13(16)10-5-8-2-3-9(10)4-8/h8-12,14H,2-7H2,1H3,(H,15,16)/t8?,9?,10?,11?,12-/m1/s1. The van der Waals surface area contributed by atoms with Crippen LogP contribution in [0, 0.1) is 17.8 Å². The van der Waals surface area contributed by atoms with Crippen molar-refractivity contribution < 1.29 is 9.53 Å². The Bertz CT molecular complexity index is 308. The fourth-order valence-electron chi connectivity index (χ4n) is 3.90. The van der Waals surface area contributed by atoms with Gasteiger partial charge in [0.2, 0.25) is 5.91 Å². The molecule has 3 aliphatic rings. The topological polar surface area (TPSA) is 50.4 Å². The Morgan fingerprint density at radius 1 is 1.29 bits per heavy atom. The van der Waals surface area contributed by atoms with Crippen molar-refractivity contribution in [2.75, 3.05) is 20.2 Å². The van der Waals surface area contributed by atoms with Crippen LogP contribution in [-0.4, -0.2) is 38.3 Å². The van der Waals surface area contributed by atoms with E-state index in [2.05, 4.69) is 10.6 Å². The first-order chi connectivity index (χ1) is 8.28. The van der Waals surface area contributed by atoms with Gasteiger partial charge in [-0.1, -0.05) is 6.42 Å². The summed E-state index contributed by atoms with van der Waals surface area (Å²) in [5, 5.41) is 6.44. The molecule has 3 rings (SSSR count). The van der Waals surface area contributed by atoms with Crippen LogP contribution < -0.4 is 10.6 Å². The minimum absolute atomic E-state index is 0.137. The van der Waals surface area contributed by atoms with Gasteiger partial charge in [-0.2, -0.15) is 0 Å². The van der Waals surface area contributed by atoms with Crippen LogP contribution in [0.4, 0.5) is 0 Å². The lowest BCUT2D eigenvalue weighted by atomic mass is 9.88. The second-order valence-electron chi connectivity index (χ2n) is 5.83. The number of ether oxygens (including phenoxy) is 1. The molecule has 1 aliphatic heterocycles. The highest BCUT2D eigenvalue weighted by atomic mass is 16.5. The SMILES string of the molecule is CO[C@@H]1CNCC1NC(=O)C1CC2CCC1C2. The van der Waals surface area contributed by atoms with Crippen molar-refractivity contribution >= 4 is 5.91 Å². The van der Waals surface area contributed by atoms with E-state index in [9.17, 15) is 4.79 Å². The number of methoxy groups -OCH3 is 1. The van der Waals surface area contributed by atoms with Crippen molar-refractivity contribution in [3.05, 3.63) is 0 Å². The Kier molecular flexibility index (Phi) is 3.09. The summed E-state index contributed by atoms with van der Waals surface area (Å²) < 4.78 is 5.37. The van der Waals surface area contributed by atoms with Crippen molar-refractivity contribution in [1.29, 1.82) is 0 Å². The van der Waals surface area contributed by atoms with Gasteiger partial charge in [0.15, 0.2) is 0 Å². The largest absolute Gasteiger partial charge is 0.378 e. The molecule has 3 fully saturated rings. The van der Waals surface area contributed by atoms with Gasteiger partial charge in [0, 0.05) is 26.1 Å². The number of carbonyl (C=O) groups excluding carboxylic acids is 1. The summed E-state index contributed by atoms with van der Waals surface area (Å²) in [6, 6.07) is 0.159. The molecule has 96 valence electrons. The second-order valence-corrected chi connectivity index (χ2v) is 5.83. The van der Waals surface area contributed by atoms with E-state index in [1.54, 1.807) is 7.11 Å². The third-order valence-electron chi connectivity index (χ3n) is 4.86. The molecule has 4 nitrogen and oxygen atoms in total. The summed E-state index contributed by atoms with van der Waals surface area (Å²) in [7, 11) is 1.72. The van der Waals surface area contributed by atoms with Gasteiger partial charge >= 0.3 is 0 Å². The van der Waals surface area contributed by atoms with E-state index in [0.29, 0.717) is 5.92 Å². The molecule has 1 saturated heterocycles. The molecule has 2 bridgehead atoms. The number of hydrogen-bond acceptors (Lipinski definition) is 3. The number of carbonyl (C=O) groups is 1. The van der Waals surface area contributed by atoms with Gasteiger partial charge in [-0.3, -0.25) is 4.79 Å². The predicted molar refractivity (Wildman–Crippen MR) is 64.5 cm³/mol. The quantitative estimate of drug-likeness (QED) is 0.754. The van der Waals surface area contributed by atoms with E-state index in [1.165, 1.54) is 19.3 Å². The van der Waals surface area contributed by atoms with E-state index in [1.807, 2.05) is 0 Å². The second kappa shape index (κ2) is 4.58. The maximum Gasteiger partial charge on any atom is 0.223 e. The lowest BCUT2D eigenvalue weighted by Crippen LogP contribution is -2.46. The van der Waals surface area contributed by atoms with Crippen LogP contribution in [-0.2, 0) is 9.53 Å². The lowest BCUT2D eigenvalue weighted by Gasteiger charge is -2.25. The van der Waals surface area contributed by atoms with E-state index in [0.717, 1.165) is 25.4 Å². The number of amides is 1. The minimum Gasteiger partial charge on any atom is -0.378 e. The maximum absolute atomic E-state index is 12.3. The zero-order valence-corrected chi connectivity index (χ0v) is 10.4. The van der Waals surface area contributed by atoms with Crippen LogP contribution in [0.5, 0.6) is 0 Å². The van der Waals surface area contributed by atoms with Crippen LogP contribution in [0.2, 0.25) is 0 Å². The normalized spacial score (nSPS) is 44.2. The fourth-order valence-corrected chi connectivity index (χ4v) is 3.90. The highest BCUT2D eigenvalue weighted by Crippen LogP contribution is 2.48. The Labute approximate surface area is 102 Å². The van der Waals surface area contributed by atoms with Crippen molar-refractivity contribution in [2.24, 2.45) is 17.8 Å². The summed E-state index contributed by atoms with van der Waals surface area (Å²) in [5.41, 5.74) is 0. The molecular formula is C13H22N2O2. The first-order valence-corrected chi connectivity index (χ1v) is 6.82. The number of fused-ring (bicyclic) bond motifs is 2. The third kappa shape index (κ3) is 2.08. The Morgan fingerprint density at radius 3 is 2.82 bits per heavy atom. The van der Waals surface area contributed by atoms with Crippen LogP contribution in [0.1, 0.15) is 25.7 Å². The van der Waals surface area contributed by atoms with E-state index < -0.39 is 0 Å². The third-order valence-corrected chi connectivity index (χ3v) is 4.86. The molecule has 0 aromatic rings. The van der Waals surface area contributed by atoms with Gasteiger partial charge < -0.3 is 15.4 Å². The van der Waals surface area contributed by atoms with Crippen LogP contribution in [0.3, 0.4) is 0 Å². The molecule has 2 saturated carbocycles. The Morgan fingerprint density at radius 2 is 2.18 bits per heavy atom. The molecular weight excluding hydrogens is 216 g/mol. The summed E-state index contributed by atoms with van der Waals surface area (Å²) >= 11 is 0. The molecule has 2 N–H and O–H groups in total. The molecule has 5 atom stereocenters. The van der Waals surface area contributed by atoms with Crippen LogP contribution in [0.15, 0.2) is 0 Å². The molecule has 0 aromatic heterocycles. The summed E-state index contributed by atoms with van der Waals surface area (Å²) in [6.07, 6.45) is 5.15. The zero-order chi connectivity index (χ0) is 11.8. The fraction of sp³-hybridized carbons (Fsp3) is 0.923.